The molecule has 39 heavy (non-hydrogen) atoms. The third kappa shape index (κ3) is 7.31. The highest BCUT2D eigenvalue weighted by molar-refractivity contribution is 6.95. The second-order valence-electron chi connectivity index (χ2n) is 9.49. The van der Waals surface area contributed by atoms with E-state index in [4.69, 9.17) is 0 Å². The van der Waals surface area contributed by atoms with Gasteiger partial charge >= 0.3 is 0 Å². The second kappa shape index (κ2) is 13.9. The summed E-state index contributed by atoms with van der Waals surface area (Å²) in [6.45, 7) is 0.309. The van der Waals surface area contributed by atoms with Gasteiger partial charge in [0.1, 0.15) is 12.7 Å². The molecule has 6 rings (SSSR count). The predicted molar refractivity (Wildman–Crippen MR) is 167 cm³/mol. The van der Waals surface area contributed by atoms with Crippen molar-refractivity contribution in [1.29, 1.82) is 0 Å². The summed E-state index contributed by atoms with van der Waals surface area (Å²) in [5.41, 5.74) is 7.34. The maximum atomic E-state index is 4.22. The van der Waals surface area contributed by atoms with Gasteiger partial charge in [0, 0.05) is 6.17 Å². The Morgan fingerprint density at radius 2 is 0.923 bits per heavy atom. The van der Waals surface area contributed by atoms with E-state index in [0.717, 1.165) is 6.17 Å². The molecule has 0 spiro atoms. The van der Waals surface area contributed by atoms with Crippen molar-refractivity contribution in [2.24, 2.45) is 0 Å². The highest BCUT2D eigenvalue weighted by Gasteiger charge is 2.20. The Hall–Kier alpha value is -4.48. The third-order valence-electron chi connectivity index (χ3n) is 6.92. The fourth-order valence-electron chi connectivity index (χ4n) is 5.02. The van der Waals surface area contributed by atoms with Crippen molar-refractivity contribution in [3.8, 4) is 0 Å². The van der Waals surface area contributed by atoms with Gasteiger partial charge in [-0.3, -0.25) is 4.68 Å². The van der Waals surface area contributed by atoms with E-state index >= 15 is 0 Å². The van der Waals surface area contributed by atoms with E-state index in [2.05, 4.69) is 162 Å². The number of nitrogens with zero attached hydrogens (tertiary/aromatic N) is 3. The van der Waals surface area contributed by atoms with Crippen LogP contribution in [0, 0.1) is 0 Å². The zero-order valence-corrected chi connectivity index (χ0v) is 23.4. The van der Waals surface area contributed by atoms with Gasteiger partial charge in [-0.25, -0.2) is 4.98 Å². The van der Waals surface area contributed by atoms with Crippen molar-refractivity contribution in [1.82, 2.24) is 14.8 Å². The number of aromatic nitrogens is 3. The summed E-state index contributed by atoms with van der Waals surface area (Å²) in [7, 11) is -0.380. The van der Waals surface area contributed by atoms with Crippen molar-refractivity contribution < 1.29 is 0 Å². The fraction of sp³-hybridized carbons (Fsp3) is 0.0588. The predicted octanol–water partition coefficient (Wildman–Crippen LogP) is 4.40. The number of rotatable bonds is 8. The van der Waals surface area contributed by atoms with Gasteiger partial charge in [0.15, 0.2) is 0 Å². The molecular formula is C34H32BN3Si. The van der Waals surface area contributed by atoms with E-state index in [0.29, 0.717) is 12.3 Å². The number of hydrogen-bond acceptors (Lipinski definition) is 2. The zero-order valence-electron chi connectivity index (χ0n) is 22.0. The lowest BCUT2D eigenvalue weighted by Crippen LogP contribution is -2.51. The molecule has 0 saturated heterocycles. The first-order valence-electron chi connectivity index (χ1n) is 13.5. The molecule has 0 atom stereocenters. The Bertz CT molecular complexity index is 1350. The molecule has 6 aromatic rings. The lowest BCUT2D eigenvalue weighted by atomic mass is 9.37. The van der Waals surface area contributed by atoms with E-state index in [1.165, 1.54) is 27.5 Å². The maximum absolute atomic E-state index is 4.22. The van der Waals surface area contributed by atoms with Gasteiger partial charge < -0.3 is 0 Å². The van der Waals surface area contributed by atoms with Crippen LogP contribution in [0.15, 0.2) is 164 Å². The monoisotopic (exact) mass is 521 g/mol. The number of benzene rings is 5. The van der Waals surface area contributed by atoms with Crippen LogP contribution in [-0.2, 0) is 6.17 Å². The molecule has 1 aromatic heterocycles. The molecule has 5 aromatic carbocycles. The van der Waals surface area contributed by atoms with Gasteiger partial charge in [-0.1, -0.05) is 168 Å². The van der Waals surface area contributed by atoms with Gasteiger partial charge in [0.2, 0.25) is 6.71 Å². The minimum absolute atomic E-state index is 0.309. The second-order valence-corrected chi connectivity index (χ2v) is 11.3. The molecule has 0 amide bonds. The summed E-state index contributed by atoms with van der Waals surface area (Å²) < 4.78 is 1.95. The Morgan fingerprint density at radius 1 is 0.538 bits per heavy atom. The van der Waals surface area contributed by atoms with Crippen LogP contribution in [0.2, 0.25) is 0 Å². The van der Waals surface area contributed by atoms with Gasteiger partial charge in [-0.2, -0.15) is 5.10 Å². The Balaban J connectivity index is 0.000000158. The molecule has 0 radical (unpaired) electrons. The van der Waals surface area contributed by atoms with E-state index in [1.54, 1.807) is 12.7 Å². The molecule has 0 saturated carbocycles. The quantitative estimate of drug-likeness (QED) is 0.278. The lowest BCUT2D eigenvalue weighted by molar-refractivity contribution is 0.730. The molecule has 1 heterocycles. The normalized spacial score (nSPS) is 10.8. The summed E-state index contributed by atoms with van der Waals surface area (Å²) in [6, 6.07) is 53.6. The Labute approximate surface area is 234 Å². The van der Waals surface area contributed by atoms with Crippen LogP contribution in [0.1, 0.15) is 16.7 Å². The smallest absolute Gasteiger partial charge is 0.241 e. The fourth-order valence-corrected chi connectivity index (χ4v) is 6.98. The topological polar surface area (TPSA) is 30.7 Å². The molecule has 0 aliphatic carbocycles. The summed E-state index contributed by atoms with van der Waals surface area (Å²) >= 11 is 0. The van der Waals surface area contributed by atoms with Crippen LogP contribution in [0.5, 0.6) is 0 Å². The van der Waals surface area contributed by atoms with Crippen molar-refractivity contribution in [3.63, 3.8) is 0 Å². The zero-order chi connectivity index (χ0) is 26.5. The van der Waals surface area contributed by atoms with Crippen molar-refractivity contribution in [2.75, 3.05) is 0 Å². The molecule has 0 fully saturated rings. The van der Waals surface area contributed by atoms with Crippen LogP contribution in [-0.4, -0.2) is 31.0 Å². The van der Waals surface area contributed by atoms with E-state index in [1.807, 2.05) is 4.68 Å². The molecule has 0 bridgehead atoms. The van der Waals surface area contributed by atoms with Crippen LogP contribution in [0.4, 0.5) is 0 Å². The molecule has 0 unspecified atom stereocenters. The Kier molecular flexibility index (Phi) is 9.31. The minimum Gasteiger partial charge on any atom is -0.257 e. The first-order valence-corrected chi connectivity index (χ1v) is 15.3. The first kappa shape index (κ1) is 26.1. The summed E-state index contributed by atoms with van der Waals surface area (Å²) in [4.78, 5) is 4.02. The molecule has 3 nitrogen and oxygen atoms in total. The molecule has 0 N–H and O–H groups in total. The average Bonchev–Trinajstić information content (AvgIpc) is 3.54. The largest absolute Gasteiger partial charge is 0.257 e. The molecule has 5 heteroatoms. The third-order valence-corrected chi connectivity index (χ3v) is 9.15. The van der Waals surface area contributed by atoms with Gasteiger partial charge in [-0.05, 0) is 16.7 Å². The van der Waals surface area contributed by atoms with Crippen molar-refractivity contribution in [2.45, 2.75) is 11.7 Å². The summed E-state index contributed by atoms with van der Waals surface area (Å²) in [5, 5.41) is 4.22. The SMILES string of the molecule is c1ccc(B(c2ccccc2)c2ccccc2)cc1.c1ccc(C([SiH2]Cn2cncn2)c2ccccc2)cc1. The standard InChI is InChI=1S/C18H15B.C16H17N3Si/c1-4-10-16(11-5-1)19(17-12-6-2-7-13-17)18-14-8-3-9-15-18;1-3-7-14(8-4-1)16(15-9-5-2-6-10-15)20-13-19-12-17-11-18-19/h1-15H;1-12,16H,13,20H2. The van der Waals surface area contributed by atoms with Crippen LogP contribution in [0.25, 0.3) is 0 Å². The highest BCUT2D eigenvalue weighted by atomic mass is 28.2. The minimum atomic E-state index is -0.380. The maximum Gasteiger partial charge on any atom is 0.241 e. The van der Waals surface area contributed by atoms with E-state index < -0.39 is 0 Å². The molecule has 190 valence electrons. The number of hydrogen-bond donors (Lipinski definition) is 0. The van der Waals surface area contributed by atoms with Gasteiger partial charge in [0.05, 0.1) is 9.52 Å². The summed E-state index contributed by atoms with van der Waals surface area (Å²) in [6.07, 6.45) is 4.42. The highest BCUT2D eigenvalue weighted by Crippen LogP contribution is 2.23. The van der Waals surface area contributed by atoms with Crippen LogP contribution < -0.4 is 16.4 Å². The van der Waals surface area contributed by atoms with Crippen LogP contribution >= 0.6 is 0 Å². The molecule has 0 aliphatic rings. The lowest BCUT2D eigenvalue weighted by Gasteiger charge is -2.17. The summed E-state index contributed by atoms with van der Waals surface area (Å²) in [5.74, 6) is 0. The van der Waals surface area contributed by atoms with Crippen molar-refractivity contribution in [3.05, 3.63) is 175 Å². The van der Waals surface area contributed by atoms with E-state index in [-0.39, 0.29) is 9.52 Å². The molecule has 0 aliphatic heterocycles. The average molecular weight is 522 g/mol. The first-order chi connectivity index (χ1) is 19.4. The van der Waals surface area contributed by atoms with Gasteiger partial charge in [-0.15, -0.1) is 0 Å². The van der Waals surface area contributed by atoms with Crippen LogP contribution in [0.3, 0.4) is 0 Å². The Morgan fingerprint density at radius 3 is 1.28 bits per heavy atom. The van der Waals surface area contributed by atoms with Gasteiger partial charge in [0.25, 0.3) is 0 Å². The van der Waals surface area contributed by atoms with Crippen molar-refractivity contribution >= 4 is 32.6 Å². The molecular weight excluding hydrogens is 489 g/mol. The van der Waals surface area contributed by atoms with E-state index in [9.17, 15) is 0 Å².